The third-order valence-electron chi connectivity index (χ3n) is 6.29. The Hall–Kier alpha value is -3.98. The zero-order valence-corrected chi connectivity index (χ0v) is 20.2. The molecule has 3 aromatic rings. The number of methoxy groups -OCH3 is 1. The summed E-state index contributed by atoms with van der Waals surface area (Å²) >= 11 is 0. The molecule has 1 aliphatic rings. The zero-order valence-electron chi connectivity index (χ0n) is 20.2. The van der Waals surface area contributed by atoms with Gasteiger partial charge >= 0.3 is 11.8 Å². The number of rotatable bonds is 8. The standard InChI is InChI=1S/C27H30FN5O3/c1-36-24-10-8-23(9-11-24)32-13-15-33(16-14-32)25(21-3-2-12-29-18-21)19-31-27(35)26(34)30-17-20-4-6-22(28)7-5-20/h2-12,18,25H,13-17,19H2,1H3,(H,30,34)(H,31,35)/t25-/m0/s1. The van der Waals surface area contributed by atoms with Crippen LogP contribution in [0.2, 0.25) is 0 Å². The van der Waals surface area contributed by atoms with Crippen molar-refractivity contribution in [3.8, 4) is 5.75 Å². The Bertz CT molecular complexity index is 1130. The van der Waals surface area contributed by atoms with Gasteiger partial charge < -0.3 is 20.3 Å². The molecule has 8 nitrogen and oxygen atoms in total. The number of carbonyl (C=O) groups excluding carboxylic acids is 2. The third-order valence-corrected chi connectivity index (χ3v) is 6.29. The van der Waals surface area contributed by atoms with Gasteiger partial charge in [0.1, 0.15) is 11.6 Å². The summed E-state index contributed by atoms with van der Waals surface area (Å²) in [4.78, 5) is 33.7. The van der Waals surface area contributed by atoms with Crippen LogP contribution in [0.5, 0.6) is 5.75 Å². The summed E-state index contributed by atoms with van der Waals surface area (Å²) in [6.45, 7) is 3.66. The van der Waals surface area contributed by atoms with E-state index in [1.165, 1.54) is 12.1 Å². The van der Waals surface area contributed by atoms with E-state index >= 15 is 0 Å². The number of hydrogen-bond donors (Lipinski definition) is 2. The van der Waals surface area contributed by atoms with Gasteiger partial charge in [-0.2, -0.15) is 0 Å². The summed E-state index contributed by atoms with van der Waals surface area (Å²) in [5.74, 6) is -0.961. The SMILES string of the molecule is COc1ccc(N2CCN([C@@H](CNC(=O)C(=O)NCc3ccc(F)cc3)c3cccnc3)CC2)cc1. The number of pyridine rings is 1. The van der Waals surface area contributed by atoms with E-state index in [0.717, 1.165) is 43.2 Å². The van der Waals surface area contributed by atoms with Crippen molar-refractivity contribution in [2.75, 3.05) is 44.7 Å². The van der Waals surface area contributed by atoms with Crippen LogP contribution < -0.4 is 20.3 Å². The summed E-state index contributed by atoms with van der Waals surface area (Å²) in [5, 5.41) is 5.35. The van der Waals surface area contributed by atoms with E-state index < -0.39 is 11.8 Å². The number of ether oxygens (including phenoxy) is 1. The van der Waals surface area contributed by atoms with Gasteiger partial charge in [0, 0.05) is 57.3 Å². The molecule has 0 aliphatic carbocycles. The zero-order chi connectivity index (χ0) is 25.3. The van der Waals surface area contributed by atoms with Crippen molar-refractivity contribution in [1.29, 1.82) is 0 Å². The summed E-state index contributed by atoms with van der Waals surface area (Å²) in [6.07, 6.45) is 3.50. The highest BCUT2D eigenvalue weighted by Crippen LogP contribution is 2.25. The Morgan fingerprint density at radius 1 is 0.972 bits per heavy atom. The van der Waals surface area contributed by atoms with Gasteiger partial charge in [-0.3, -0.25) is 19.5 Å². The van der Waals surface area contributed by atoms with Gasteiger partial charge in [0.15, 0.2) is 0 Å². The fourth-order valence-corrected chi connectivity index (χ4v) is 4.25. The second kappa shape index (κ2) is 12.1. The van der Waals surface area contributed by atoms with Crippen molar-refractivity contribution in [3.05, 3.63) is 90.0 Å². The molecule has 2 heterocycles. The van der Waals surface area contributed by atoms with Crippen molar-refractivity contribution in [3.63, 3.8) is 0 Å². The third kappa shape index (κ3) is 6.57. The lowest BCUT2D eigenvalue weighted by molar-refractivity contribution is -0.139. The van der Waals surface area contributed by atoms with Crippen molar-refractivity contribution in [1.82, 2.24) is 20.5 Å². The fourth-order valence-electron chi connectivity index (χ4n) is 4.25. The van der Waals surface area contributed by atoms with Crippen molar-refractivity contribution < 1.29 is 18.7 Å². The second-order valence-electron chi connectivity index (χ2n) is 8.54. The first-order chi connectivity index (χ1) is 17.5. The highest BCUT2D eigenvalue weighted by Gasteiger charge is 2.27. The molecule has 1 aromatic heterocycles. The highest BCUT2D eigenvalue weighted by atomic mass is 19.1. The maximum absolute atomic E-state index is 13.1. The molecule has 9 heteroatoms. The van der Waals surface area contributed by atoms with Gasteiger partial charge in [-0.1, -0.05) is 18.2 Å². The summed E-state index contributed by atoms with van der Waals surface area (Å²) in [6, 6.07) is 17.5. The van der Waals surface area contributed by atoms with Crippen LogP contribution in [0.25, 0.3) is 0 Å². The van der Waals surface area contributed by atoms with Crippen LogP contribution >= 0.6 is 0 Å². The molecule has 4 rings (SSSR count). The highest BCUT2D eigenvalue weighted by molar-refractivity contribution is 6.35. The average Bonchev–Trinajstić information content (AvgIpc) is 2.93. The van der Waals surface area contributed by atoms with Gasteiger partial charge in [-0.15, -0.1) is 0 Å². The van der Waals surface area contributed by atoms with E-state index in [-0.39, 0.29) is 24.9 Å². The Labute approximate surface area is 210 Å². The van der Waals surface area contributed by atoms with Crippen LogP contribution in [0.15, 0.2) is 73.1 Å². The summed E-state index contributed by atoms with van der Waals surface area (Å²) in [5.41, 5.74) is 2.82. The summed E-state index contributed by atoms with van der Waals surface area (Å²) in [7, 11) is 1.65. The fraction of sp³-hybridized carbons (Fsp3) is 0.296. The first-order valence-corrected chi connectivity index (χ1v) is 11.9. The number of nitrogens with one attached hydrogen (secondary N) is 2. The number of nitrogens with zero attached hydrogens (tertiary/aromatic N) is 3. The minimum Gasteiger partial charge on any atom is -0.497 e. The first-order valence-electron chi connectivity index (χ1n) is 11.9. The van der Waals surface area contributed by atoms with Gasteiger partial charge in [0.25, 0.3) is 0 Å². The molecule has 0 saturated carbocycles. The Balaban J connectivity index is 1.33. The molecule has 1 aliphatic heterocycles. The quantitative estimate of drug-likeness (QED) is 0.471. The average molecular weight is 492 g/mol. The lowest BCUT2D eigenvalue weighted by atomic mass is 10.1. The van der Waals surface area contributed by atoms with E-state index in [2.05, 4.69) is 37.6 Å². The van der Waals surface area contributed by atoms with Gasteiger partial charge in [-0.05, 0) is 53.6 Å². The molecule has 2 amide bonds. The normalized spacial score (nSPS) is 14.7. The minimum atomic E-state index is -0.728. The summed E-state index contributed by atoms with van der Waals surface area (Å²) < 4.78 is 18.3. The number of amides is 2. The molecule has 2 N–H and O–H groups in total. The van der Waals surface area contributed by atoms with Gasteiger partial charge in [0.2, 0.25) is 0 Å². The van der Waals surface area contributed by atoms with Gasteiger partial charge in [0.05, 0.1) is 13.2 Å². The lowest BCUT2D eigenvalue weighted by Gasteiger charge is -2.40. The Morgan fingerprint density at radius 3 is 2.31 bits per heavy atom. The van der Waals surface area contributed by atoms with E-state index in [0.29, 0.717) is 5.56 Å². The predicted molar refractivity (Wildman–Crippen MR) is 135 cm³/mol. The van der Waals surface area contributed by atoms with Crippen LogP contribution in [0, 0.1) is 5.82 Å². The van der Waals surface area contributed by atoms with E-state index in [1.54, 1.807) is 31.6 Å². The maximum atomic E-state index is 13.1. The predicted octanol–water partition coefficient (Wildman–Crippen LogP) is 2.53. The minimum absolute atomic E-state index is 0.120. The molecular weight excluding hydrogens is 461 g/mol. The first kappa shape index (κ1) is 25.1. The number of anilines is 1. The number of halogens is 1. The molecule has 0 radical (unpaired) electrons. The van der Waals surface area contributed by atoms with E-state index in [1.807, 2.05) is 24.3 Å². The van der Waals surface area contributed by atoms with Crippen LogP contribution in [0.3, 0.4) is 0 Å². The second-order valence-corrected chi connectivity index (χ2v) is 8.54. The lowest BCUT2D eigenvalue weighted by Crippen LogP contribution is -2.50. The molecule has 0 unspecified atom stereocenters. The molecule has 0 bridgehead atoms. The van der Waals surface area contributed by atoms with Crippen molar-refractivity contribution in [2.45, 2.75) is 12.6 Å². The Kier molecular flexibility index (Phi) is 8.46. The van der Waals surface area contributed by atoms with Crippen LogP contribution in [0.1, 0.15) is 17.2 Å². The number of benzene rings is 2. The van der Waals surface area contributed by atoms with Crippen LogP contribution in [0.4, 0.5) is 10.1 Å². The molecular formula is C27H30FN5O3. The smallest absolute Gasteiger partial charge is 0.309 e. The van der Waals surface area contributed by atoms with Gasteiger partial charge in [-0.25, -0.2) is 4.39 Å². The monoisotopic (exact) mass is 491 g/mol. The van der Waals surface area contributed by atoms with E-state index in [4.69, 9.17) is 4.74 Å². The maximum Gasteiger partial charge on any atom is 0.309 e. The number of hydrogen-bond acceptors (Lipinski definition) is 6. The molecule has 1 atom stereocenters. The van der Waals surface area contributed by atoms with Crippen LogP contribution in [-0.4, -0.2) is 61.5 Å². The molecule has 0 spiro atoms. The molecule has 188 valence electrons. The molecule has 1 saturated heterocycles. The molecule has 1 fully saturated rings. The molecule has 2 aromatic carbocycles. The van der Waals surface area contributed by atoms with Crippen LogP contribution in [-0.2, 0) is 16.1 Å². The largest absolute Gasteiger partial charge is 0.497 e. The number of carbonyl (C=O) groups is 2. The molecule has 36 heavy (non-hydrogen) atoms. The number of piperazine rings is 1. The van der Waals surface area contributed by atoms with Crippen molar-refractivity contribution in [2.24, 2.45) is 0 Å². The topological polar surface area (TPSA) is 86.8 Å². The van der Waals surface area contributed by atoms with Crippen molar-refractivity contribution >= 4 is 17.5 Å². The van der Waals surface area contributed by atoms with E-state index in [9.17, 15) is 14.0 Å². The Morgan fingerprint density at radius 2 is 1.67 bits per heavy atom. The number of aromatic nitrogens is 1.